The predicted octanol–water partition coefficient (Wildman–Crippen LogP) is 4.50. The first-order valence-corrected chi connectivity index (χ1v) is 7.55. The van der Waals surface area contributed by atoms with Crippen molar-refractivity contribution in [2.45, 2.75) is 0 Å². The molecular formula is C14H9Br2N3O2. The number of para-hydroxylation sites is 2. The van der Waals surface area contributed by atoms with Crippen molar-refractivity contribution in [2.24, 2.45) is 5.10 Å². The molecule has 0 radical (unpaired) electrons. The summed E-state index contributed by atoms with van der Waals surface area (Å²) in [6, 6.07) is 11.3. The van der Waals surface area contributed by atoms with Crippen molar-refractivity contribution in [3.63, 3.8) is 0 Å². The Kier molecular flexibility index (Phi) is 3.94. The number of anilines is 1. The van der Waals surface area contributed by atoms with Crippen molar-refractivity contribution in [2.75, 3.05) is 5.43 Å². The third-order valence-corrected chi connectivity index (χ3v) is 3.92. The number of hydrogen-bond acceptors (Lipinski definition) is 5. The van der Waals surface area contributed by atoms with Crippen molar-refractivity contribution in [1.29, 1.82) is 0 Å². The van der Waals surface area contributed by atoms with E-state index in [1.807, 2.05) is 24.3 Å². The number of phenolic OH excluding ortho intramolecular Hbond substituents is 1. The van der Waals surface area contributed by atoms with Gasteiger partial charge >= 0.3 is 6.01 Å². The van der Waals surface area contributed by atoms with E-state index >= 15 is 0 Å². The van der Waals surface area contributed by atoms with E-state index in [0.717, 1.165) is 11.1 Å². The lowest BCUT2D eigenvalue weighted by Gasteiger charge is -2.01. The highest BCUT2D eigenvalue weighted by molar-refractivity contribution is 9.11. The van der Waals surface area contributed by atoms with E-state index in [1.54, 1.807) is 18.3 Å². The molecule has 0 saturated carbocycles. The number of phenols is 1. The average Bonchev–Trinajstić information content (AvgIpc) is 2.87. The van der Waals surface area contributed by atoms with Gasteiger partial charge in [-0.3, -0.25) is 0 Å². The van der Waals surface area contributed by atoms with Crippen molar-refractivity contribution in [3.05, 3.63) is 50.9 Å². The van der Waals surface area contributed by atoms with Gasteiger partial charge in [0.15, 0.2) is 5.58 Å². The van der Waals surface area contributed by atoms with E-state index in [2.05, 4.69) is 47.4 Å². The number of aromatic hydroxyl groups is 1. The Balaban J connectivity index is 1.77. The summed E-state index contributed by atoms with van der Waals surface area (Å²) >= 11 is 6.53. The number of aromatic nitrogens is 1. The van der Waals surface area contributed by atoms with Gasteiger partial charge < -0.3 is 9.52 Å². The molecular weight excluding hydrogens is 402 g/mol. The van der Waals surface area contributed by atoms with Crippen LogP contribution < -0.4 is 5.43 Å². The summed E-state index contributed by atoms with van der Waals surface area (Å²) in [6.45, 7) is 0. The maximum Gasteiger partial charge on any atom is 0.316 e. The molecule has 0 aliphatic rings. The van der Waals surface area contributed by atoms with Gasteiger partial charge in [-0.1, -0.05) is 12.1 Å². The number of rotatable bonds is 3. The molecule has 5 nitrogen and oxygen atoms in total. The third-order valence-electron chi connectivity index (χ3n) is 2.71. The standard InChI is InChI=1S/C14H9Br2N3O2/c15-9-5-8(6-10(16)13(9)20)7-17-19-14-18-11-3-1-2-4-12(11)21-14/h1-7,20H,(H,18,19)/b17-7+. The molecule has 21 heavy (non-hydrogen) atoms. The fourth-order valence-electron chi connectivity index (χ4n) is 1.74. The Labute approximate surface area is 136 Å². The molecule has 0 atom stereocenters. The largest absolute Gasteiger partial charge is 0.506 e. The molecule has 0 saturated heterocycles. The quantitative estimate of drug-likeness (QED) is 0.492. The average molecular weight is 411 g/mol. The summed E-state index contributed by atoms with van der Waals surface area (Å²) in [5, 5.41) is 13.7. The zero-order valence-electron chi connectivity index (χ0n) is 10.5. The van der Waals surface area contributed by atoms with Gasteiger partial charge in [-0.05, 0) is 61.7 Å². The highest BCUT2D eigenvalue weighted by Crippen LogP contribution is 2.32. The summed E-state index contributed by atoms with van der Waals surface area (Å²) in [5.74, 6) is 0.152. The summed E-state index contributed by atoms with van der Waals surface area (Å²) in [5.41, 5.74) is 5.00. The molecule has 0 aliphatic carbocycles. The van der Waals surface area contributed by atoms with Gasteiger partial charge in [0.1, 0.15) is 11.3 Å². The second kappa shape index (κ2) is 5.87. The maximum absolute atomic E-state index is 9.64. The fourth-order valence-corrected chi connectivity index (χ4v) is 2.96. The minimum Gasteiger partial charge on any atom is -0.506 e. The number of fused-ring (bicyclic) bond motifs is 1. The number of halogens is 2. The van der Waals surface area contributed by atoms with Crippen LogP contribution in [0.15, 0.2) is 54.9 Å². The molecule has 1 aromatic heterocycles. The summed E-state index contributed by atoms with van der Waals surface area (Å²) in [6.07, 6.45) is 1.60. The Morgan fingerprint density at radius 2 is 1.90 bits per heavy atom. The smallest absolute Gasteiger partial charge is 0.316 e. The topological polar surface area (TPSA) is 70.7 Å². The van der Waals surface area contributed by atoms with Crippen LogP contribution in [0.1, 0.15) is 5.56 Å². The minimum atomic E-state index is 0.152. The highest BCUT2D eigenvalue weighted by Gasteiger charge is 2.05. The zero-order chi connectivity index (χ0) is 14.8. The molecule has 0 amide bonds. The number of oxazole rings is 1. The van der Waals surface area contributed by atoms with Gasteiger partial charge in [0.05, 0.1) is 15.2 Å². The molecule has 0 spiro atoms. The molecule has 2 aromatic carbocycles. The molecule has 0 unspecified atom stereocenters. The molecule has 3 aromatic rings. The number of benzene rings is 2. The number of hydrogen-bond donors (Lipinski definition) is 2. The number of hydrazone groups is 1. The van der Waals surface area contributed by atoms with Crippen LogP contribution in [0.4, 0.5) is 6.01 Å². The SMILES string of the molecule is Oc1c(Br)cc(/C=N/Nc2nc3ccccc3o2)cc1Br. The number of nitrogens with zero attached hydrogens (tertiary/aromatic N) is 2. The zero-order valence-corrected chi connectivity index (χ0v) is 13.7. The van der Waals surface area contributed by atoms with Crippen LogP contribution in [0.2, 0.25) is 0 Å². The fraction of sp³-hybridized carbons (Fsp3) is 0. The Bertz CT molecular complexity index is 774. The van der Waals surface area contributed by atoms with E-state index in [1.165, 1.54) is 0 Å². The first kappa shape index (κ1) is 14.1. The molecule has 106 valence electrons. The monoisotopic (exact) mass is 409 g/mol. The van der Waals surface area contributed by atoms with E-state index < -0.39 is 0 Å². The predicted molar refractivity (Wildman–Crippen MR) is 88.7 cm³/mol. The van der Waals surface area contributed by atoms with Crippen LogP contribution in [0, 0.1) is 0 Å². The maximum atomic E-state index is 9.64. The van der Waals surface area contributed by atoms with Crippen LogP contribution in [-0.2, 0) is 0 Å². The first-order valence-electron chi connectivity index (χ1n) is 5.96. The van der Waals surface area contributed by atoms with E-state index in [-0.39, 0.29) is 5.75 Å². The summed E-state index contributed by atoms with van der Waals surface area (Å²) in [4.78, 5) is 4.24. The van der Waals surface area contributed by atoms with Gasteiger partial charge in [0, 0.05) is 0 Å². The van der Waals surface area contributed by atoms with Crippen LogP contribution in [-0.4, -0.2) is 16.3 Å². The second-order valence-corrected chi connectivity index (χ2v) is 5.90. The van der Waals surface area contributed by atoms with Crippen LogP contribution in [0.25, 0.3) is 11.1 Å². The Morgan fingerprint density at radius 1 is 1.19 bits per heavy atom. The van der Waals surface area contributed by atoms with E-state index in [9.17, 15) is 5.11 Å². The van der Waals surface area contributed by atoms with Crippen LogP contribution in [0.5, 0.6) is 5.75 Å². The molecule has 7 heteroatoms. The lowest BCUT2D eigenvalue weighted by molar-refractivity contribution is 0.468. The van der Waals surface area contributed by atoms with Crippen molar-refractivity contribution in [1.82, 2.24) is 4.98 Å². The lowest BCUT2D eigenvalue weighted by Crippen LogP contribution is -1.91. The number of nitrogens with one attached hydrogen (secondary N) is 1. The van der Waals surface area contributed by atoms with Gasteiger partial charge in [0.2, 0.25) is 0 Å². The van der Waals surface area contributed by atoms with E-state index in [0.29, 0.717) is 20.5 Å². The summed E-state index contributed by atoms with van der Waals surface area (Å²) < 4.78 is 6.65. The first-order chi connectivity index (χ1) is 10.1. The van der Waals surface area contributed by atoms with Crippen molar-refractivity contribution in [3.8, 4) is 5.75 Å². The normalized spacial score (nSPS) is 11.3. The Morgan fingerprint density at radius 3 is 2.62 bits per heavy atom. The van der Waals surface area contributed by atoms with Crippen molar-refractivity contribution < 1.29 is 9.52 Å². The van der Waals surface area contributed by atoms with Gasteiger partial charge in [0.25, 0.3) is 0 Å². The molecule has 2 N–H and O–H groups in total. The minimum absolute atomic E-state index is 0.152. The van der Waals surface area contributed by atoms with Crippen LogP contribution in [0.3, 0.4) is 0 Å². The lowest BCUT2D eigenvalue weighted by atomic mass is 10.2. The second-order valence-electron chi connectivity index (χ2n) is 4.19. The Hall–Kier alpha value is -1.86. The van der Waals surface area contributed by atoms with Gasteiger partial charge in [-0.15, -0.1) is 0 Å². The summed E-state index contributed by atoms with van der Waals surface area (Å²) in [7, 11) is 0. The molecule has 0 bridgehead atoms. The molecule has 1 heterocycles. The van der Waals surface area contributed by atoms with E-state index in [4.69, 9.17) is 4.42 Å². The van der Waals surface area contributed by atoms with Gasteiger partial charge in [-0.25, -0.2) is 5.43 Å². The highest BCUT2D eigenvalue weighted by atomic mass is 79.9. The molecule has 3 rings (SSSR count). The molecule has 0 fully saturated rings. The molecule has 0 aliphatic heterocycles. The van der Waals surface area contributed by atoms with Crippen LogP contribution >= 0.6 is 31.9 Å². The van der Waals surface area contributed by atoms with Gasteiger partial charge in [-0.2, -0.15) is 10.1 Å². The third kappa shape index (κ3) is 3.08. The van der Waals surface area contributed by atoms with Crippen molar-refractivity contribution >= 4 is 55.2 Å².